The third-order valence-electron chi connectivity index (χ3n) is 3.53. The number of rotatable bonds is 7. The summed E-state index contributed by atoms with van der Waals surface area (Å²) in [7, 11) is 2.20. The quantitative estimate of drug-likeness (QED) is 0.693. The van der Waals surface area contributed by atoms with Gasteiger partial charge in [-0.3, -0.25) is 0 Å². The molecule has 0 bridgehead atoms. The summed E-state index contributed by atoms with van der Waals surface area (Å²) in [6, 6.07) is 0. The fourth-order valence-corrected chi connectivity index (χ4v) is 3.00. The standard InChI is InChI=1S/C13H27NOS/c1-12(2)15-9-8-14(3)10-13(11-16)6-4-5-7-13/h12,16H,4-11H2,1-3H3. The number of ether oxygens (including phenoxy) is 1. The summed E-state index contributed by atoms with van der Waals surface area (Å²) >= 11 is 4.54. The van der Waals surface area contributed by atoms with E-state index in [1.54, 1.807) is 0 Å². The van der Waals surface area contributed by atoms with Gasteiger partial charge in [0.15, 0.2) is 0 Å². The van der Waals surface area contributed by atoms with Crippen molar-refractivity contribution in [3.05, 3.63) is 0 Å². The minimum Gasteiger partial charge on any atom is -0.377 e. The molecule has 0 amide bonds. The highest BCUT2D eigenvalue weighted by Crippen LogP contribution is 2.39. The Kier molecular flexibility index (Phi) is 6.16. The molecule has 0 aliphatic heterocycles. The Labute approximate surface area is 106 Å². The van der Waals surface area contributed by atoms with Crippen LogP contribution in [0.5, 0.6) is 0 Å². The van der Waals surface area contributed by atoms with Gasteiger partial charge in [-0.05, 0) is 44.9 Å². The number of hydrogen-bond donors (Lipinski definition) is 1. The summed E-state index contributed by atoms with van der Waals surface area (Å²) in [6.07, 6.45) is 5.82. The van der Waals surface area contributed by atoms with Crippen molar-refractivity contribution in [3.63, 3.8) is 0 Å². The Morgan fingerprint density at radius 1 is 1.31 bits per heavy atom. The fourth-order valence-electron chi connectivity index (χ4n) is 2.59. The Morgan fingerprint density at radius 2 is 1.94 bits per heavy atom. The van der Waals surface area contributed by atoms with Crippen LogP contribution in [0.1, 0.15) is 39.5 Å². The van der Waals surface area contributed by atoms with E-state index >= 15 is 0 Å². The van der Waals surface area contributed by atoms with Gasteiger partial charge in [-0.25, -0.2) is 0 Å². The first-order valence-corrected chi connectivity index (χ1v) is 7.12. The SMILES string of the molecule is CC(C)OCCN(C)CC1(CS)CCCC1. The maximum absolute atomic E-state index is 5.58. The van der Waals surface area contributed by atoms with Crippen LogP contribution in [-0.2, 0) is 4.74 Å². The molecule has 0 saturated heterocycles. The van der Waals surface area contributed by atoms with E-state index in [9.17, 15) is 0 Å². The molecule has 0 aromatic carbocycles. The van der Waals surface area contributed by atoms with E-state index in [0.29, 0.717) is 11.5 Å². The van der Waals surface area contributed by atoms with Gasteiger partial charge in [0.1, 0.15) is 0 Å². The Bertz CT molecular complexity index is 190. The van der Waals surface area contributed by atoms with Crippen LogP contribution in [0.25, 0.3) is 0 Å². The molecule has 1 fully saturated rings. The molecule has 1 saturated carbocycles. The highest BCUT2D eigenvalue weighted by Gasteiger charge is 2.33. The molecule has 0 N–H and O–H groups in total. The molecule has 16 heavy (non-hydrogen) atoms. The summed E-state index contributed by atoms with van der Waals surface area (Å²) < 4.78 is 5.58. The molecule has 2 nitrogen and oxygen atoms in total. The molecule has 0 spiro atoms. The topological polar surface area (TPSA) is 12.5 Å². The van der Waals surface area contributed by atoms with E-state index in [2.05, 4.69) is 38.4 Å². The second-order valence-corrected chi connectivity index (χ2v) is 5.84. The van der Waals surface area contributed by atoms with Crippen molar-refractivity contribution in [1.82, 2.24) is 4.90 Å². The molecule has 3 heteroatoms. The van der Waals surface area contributed by atoms with Crippen LogP contribution in [-0.4, -0.2) is 43.5 Å². The molecule has 0 unspecified atom stereocenters. The minimum atomic E-state index is 0.346. The Morgan fingerprint density at radius 3 is 2.44 bits per heavy atom. The number of nitrogens with zero attached hydrogens (tertiary/aromatic N) is 1. The second-order valence-electron chi connectivity index (χ2n) is 5.52. The van der Waals surface area contributed by atoms with Crippen LogP contribution in [0.2, 0.25) is 0 Å². The molecule has 0 aromatic heterocycles. The summed E-state index contributed by atoms with van der Waals surface area (Å²) in [5, 5.41) is 0. The maximum atomic E-state index is 5.58. The molecular weight excluding hydrogens is 218 g/mol. The molecule has 1 aliphatic rings. The summed E-state index contributed by atoms with van der Waals surface area (Å²) in [5.41, 5.74) is 0.482. The van der Waals surface area contributed by atoms with Gasteiger partial charge in [-0.2, -0.15) is 12.6 Å². The summed E-state index contributed by atoms with van der Waals surface area (Å²) in [5.74, 6) is 1.03. The lowest BCUT2D eigenvalue weighted by molar-refractivity contribution is 0.0566. The second kappa shape index (κ2) is 6.87. The van der Waals surface area contributed by atoms with Crippen LogP contribution in [0, 0.1) is 5.41 Å². The van der Waals surface area contributed by atoms with Crippen molar-refractivity contribution in [3.8, 4) is 0 Å². The Hall–Kier alpha value is 0.270. The monoisotopic (exact) mass is 245 g/mol. The minimum absolute atomic E-state index is 0.346. The van der Waals surface area contributed by atoms with Crippen LogP contribution in [0.3, 0.4) is 0 Å². The van der Waals surface area contributed by atoms with E-state index in [1.807, 2.05) is 0 Å². The van der Waals surface area contributed by atoms with Crippen molar-refractivity contribution in [2.45, 2.75) is 45.6 Å². The van der Waals surface area contributed by atoms with Crippen molar-refractivity contribution in [2.75, 3.05) is 32.5 Å². The lowest BCUT2D eigenvalue weighted by atomic mass is 9.88. The van der Waals surface area contributed by atoms with Crippen LogP contribution in [0.15, 0.2) is 0 Å². The van der Waals surface area contributed by atoms with Crippen molar-refractivity contribution in [2.24, 2.45) is 5.41 Å². The smallest absolute Gasteiger partial charge is 0.0596 e. The van der Waals surface area contributed by atoms with Crippen LogP contribution >= 0.6 is 12.6 Å². The van der Waals surface area contributed by atoms with Gasteiger partial charge in [0.05, 0.1) is 12.7 Å². The Balaban J connectivity index is 2.24. The highest BCUT2D eigenvalue weighted by atomic mass is 32.1. The first kappa shape index (κ1) is 14.3. The van der Waals surface area contributed by atoms with E-state index in [-0.39, 0.29) is 0 Å². The van der Waals surface area contributed by atoms with Crippen LogP contribution in [0.4, 0.5) is 0 Å². The molecule has 0 aromatic rings. The van der Waals surface area contributed by atoms with Gasteiger partial charge >= 0.3 is 0 Å². The number of hydrogen-bond acceptors (Lipinski definition) is 3. The largest absolute Gasteiger partial charge is 0.377 e. The first-order valence-electron chi connectivity index (χ1n) is 6.49. The van der Waals surface area contributed by atoms with Crippen LogP contribution < -0.4 is 0 Å². The van der Waals surface area contributed by atoms with Crippen molar-refractivity contribution < 1.29 is 4.74 Å². The summed E-state index contributed by atoms with van der Waals surface area (Å²) in [4.78, 5) is 2.41. The lowest BCUT2D eigenvalue weighted by Gasteiger charge is -2.32. The van der Waals surface area contributed by atoms with Gasteiger partial charge < -0.3 is 9.64 Å². The molecule has 0 atom stereocenters. The first-order chi connectivity index (χ1) is 7.58. The van der Waals surface area contributed by atoms with Gasteiger partial charge in [0.25, 0.3) is 0 Å². The third kappa shape index (κ3) is 4.64. The van der Waals surface area contributed by atoms with Gasteiger partial charge in [-0.1, -0.05) is 12.8 Å². The number of thiol groups is 1. The zero-order valence-corrected chi connectivity index (χ0v) is 11.9. The van der Waals surface area contributed by atoms with Gasteiger partial charge in [0, 0.05) is 13.1 Å². The van der Waals surface area contributed by atoms with Gasteiger partial charge in [-0.15, -0.1) is 0 Å². The zero-order chi connectivity index (χ0) is 12.0. The molecule has 1 aliphatic carbocycles. The average Bonchev–Trinajstić information content (AvgIpc) is 2.66. The third-order valence-corrected chi connectivity index (χ3v) is 4.20. The predicted molar refractivity (Wildman–Crippen MR) is 73.3 cm³/mol. The lowest BCUT2D eigenvalue weighted by Crippen LogP contribution is -2.37. The maximum Gasteiger partial charge on any atom is 0.0596 e. The van der Waals surface area contributed by atoms with E-state index in [1.165, 1.54) is 32.2 Å². The van der Waals surface area contributed by atoms with E-state index < -0.39 is 0 Å². The van der Waals surface area contributed by atoms with E-state index in [4.69, 9.17) is 4.74 Å². The molecule has 0 radical (unpaired) electrons. The molecular formula is C13H27NOS. The summed E-state index contributed by atoms with van der Waals surface area (Å²) in [6.45, 7) is 7.24. The van der Waals surface area contributed by atoms with Crippen molar-refractivity contribution >= 4 is 12.6 Å². The van der Waals surface area contributed by atoms with Crippen molar-refractivity contribution in [1.29, 1.82) is 0 Å². The van der Waals surface area contributed by atoms with Gasteiger partial charge in [0.2, 0.25) is 0 Å². The molecule has 0 heterocycles. The predicted octanol–water partition coefficient (Wildman–Crippen LogP) is 2.83. The molecule has 1 rings (SSSR count). The zero-order valence-electron chi connectivity index (χ0n) is 11.0. The number of likely N-dealkylation sites (N-methyl/N-ethyl adjacent to an activating group) is 1. The normalized spacial score (nSPS) is 19.9. The average molecular weight is 245 g/mol. The van der Waals surface area contributed by atoms with E-state index in [0.717, 1.165) is 18.9 Å². The highest BCUT2D eigenvalue weighted by molar-refractivity contribution is 7.80. The fraction of sp³-hybridized carbons (Fsp3) is 1.00. The molecule has 96 valence electrons.